The first-order valence-electron chi connectivity index (χ1n) is 7.93. The number of amides is 1. The molecule has 2 aromatic rings. The van der Waals surface area contributed by atoms with Gasteiger partial charge >= 0.3 is 0 Å². The highest BCUT2D eigenvalue weighted by Crippen LogP contribution is 2.34. The zero-order valence-corrected chi connectivity index (χ0v) is 15.2. The first kappa shape index (κ1) is 17.3. The molecule has 1 heterocycles. The molecule has 3 rings (SSSR count). The molecule has 0 aliphatic carbocycles. The molecule has 7 heteroatoms. The summed E-state index contributed by atoms with van der Waals surface area (Å²) >= 11 is 0. The largest absolute Gasteiger partial charge is 0.490 e. The molecule has 0 radical (unpaired) electrons. The third kappa shape index (κ3) is 3.46. The van der Waals surface area contributed by atoms with Crippen molar-refractivity contribution in [2.45, 2.75) is 25.7 Å². The average molecular weight is 360 g/mol. The maximum Gasteiger partial charge on any atom is 0.261 e. The lowest BCUT2D eigenvalue weighted by Crippen LogP contribution is -2.36. The number of hydrogen-bond donors (Lipinski definition) is 1. The van der Waals surface area contributed by atoms with Crippen molar-refractivity contribution in [3.63, 3.8) is 0 Å². The Morgan fingerprint density at radius 2 is 1.88 bits per heavy atom. The van der Waals surface area contributed by atoms with Gasteiger partial charge in [-0.1, -0.05) is 6.07 Å². The minimum atomic E-state index is -3.77. The topological polar surface area (TPSA) is 75.7 Å². The number of aryl methyl sites for hydroxylation is 2. The van der Waals surface area contributed by atoms with Crippen LogP contribution in [0.15, 0.2) is 41.3 Å². The second-order valence-corrected chi connectivity index (χ2v) is 7.74. The third-order valence-electron chi connectivity index (χ3n) is 4.24. The van der Waals surface area contributed by atoms with E-state index in [0.29, 0.717) is 30.3 Å². The standard InChI is InChI=1S/C18H20N2O4S/c1-12-4-5-15(10-13(12)2)19-25(22,23)16-6-7-18-17(11-16)20(14(3)21)8-9-24-18/h4-7,10-11,19H,8-9H2,1-3H3. The number of rotatable bonds is 3. The second kappa shape index (κ2) is 6.40. The predicted octanol–water partition coefficient (Wildman–Crippen LogP) is 2.85. The molecule has 0 spiro atoms. The van der Waals surface area contributed by atoms with Crippen LogP contribution >= 0.6 is 0 Å². The summed E-state index contributed by atoms with van der Waals surface area (Å²) in [6.07, 6.45) is 0. The van der Waals surface area contributed by atoms with Gasteiger partial charge in [-0.15, -0.1) is 0 Å². The van der Waals surface area contributed by atoms with Crippen LogP contribution in [0.25, 0.3) is 0 Å². The SMILES string of the molecule is CC(=O)N1CCOc2ccc(S(=O)(=O)Nc3ccc(C)c(C)c3)cc21. The summed E-state index contributed by atoms with van der Waals surface area (Å²) in [7, 11) is -3.77. The number of ether oxygens (including phenoxy) is 1. The zero-order chi connectivity index (χ0) is 18.2. The molecule has 0 atom stereocenters. The molecule has 1 aliphatic rings. The molecule has 0 aromatic heterocycles. The van der Waals surface area contributed by atoms with Crippen molar-refractivity contribution < 1.29 is 17.9 Å². The lowest BCUT2D eigenvalue weighted by atomic mass is 10.1. The number of nitrogens with zero attached hydrogens (tertiary/aromatic N) is 1. The van der Waals surface area contributed by atoms with Gasteiger partial charge in [0.1, 0.15) is 12.4 Å². The van der Waals surface area contributed by atoms with Crippen molar-refractivity contribution in [1.29, 1.82) is 0 Å². The van der Waals surface area contributed by atoms with Crippen LogP contribution in [0, 0.1) is 13.8 Å². The first-order valence-corrected chi connectivity index (χ1v) is 9.41. The minimum absolute atomic E-state index is 0.0845. The fourth-order valence-corrected chi connectivity index (χ4v) is 3.78. The van der Waals surface area contributed by atoms with E-state index in [9.17, 15) is 13.2 Å². The monoisotopic (exact) mass is 360 g/mol. The highest BCUT2D eigenvalue weighted by atomic mass is 32.2. The summed E-state index contributed by atoms with van der Waals surface area (Å²) in [5, 5.41) is 0. The third-order valence-corrected chi connectivity index (χ3v) is 5.62. The Hall–Kier alpha value is -2.54. The van der Waals surface area contributed by atoms with Crippen LogP contribution in [0.4, 0.5) is 11.4 Å². The molecule has 0 saturated heterocycles. The van der Waals surface area contributed by atoms with Gasteiger partial charge in [0.25, 0.3) is 10.0 Å². The lowest BCUT2D eigenvalue weighted by molar-refractivity contribution is -0.116. The zero-order valence-electron chi connectivity index (χ0n) is 14.4. The molecule has 2 aromatic carbocycles. The Labute approximate surface area is 147 Å². The van der Waals surface area contributed by atoms with Gasteiger partial charge in [-0.3, -0.25) is 9.52 Å². The van der Waals surface area contributed by atoms with Crippen LogP contribution in [0.5, 0.6) is 5.75 Å². The molecule has 1 aliphatic heterocycles. The van der Waals surface area contributed by atoms with E-state index in [1.807, 2.05) is 19.9 Å². The molecular weight excluding hydrogens is 340 g/mol. The molecule has 1 N–H and O–H groups in total. The van der Waals surface area contributed by atoms with E-state index < -0.39 is 10.0 Å². The van der Waals surface area contributed by atoms with E-state index in [4.69, 9.17) is 4.74 Å². The van der Waals surface area contributed by atoms with E-state index in [1.165, 1.54) is 24.0 Å². The van der Waals surface area contributed by atoms with Gasteiger partial charge < -0.3 is 9.64 Å². The van der Waals surface area contributed by atoms with Crippen LogP contribution in [0.1, 0.15) is 18.1 Å². The van der Waals surface area contributed by atoms with E-state index >= 15 is 0 Å². The van der Waals surface area contributed by atoms with Crippen molar-refractivity contribution in [2.75, 3.05) is 22.8 Å². The van der Waals surface area contributed by atoms with E-state index in [0.717, 1.165) is 11.1 Å². The molecule has 132 valence electrons. The summed E-state index contributed by atoms with van der Waals surface area (Å²) in [5.74, 6) is 0.354. The molecule has 0 saturated carbocycles. The van der Waals surface area contributed by atoms with Crippen LogP contribution in [0.2, 0.25) is 0 Å². The number of sulfonamides is 1. The van der Waals surface area contributed by atoms with Gasteiger partial charge in [0.2, 0.25) is 5.91 Å². The molecule has 6 nitrogen and oxygen atoms in total. The van der Waals surface area contributed by atoms with E-state index in [2.05, 4.69) is 4.72 Å². The van der Waals surface area contributed by atoms with Crippen molar-refractivity contribution in [1.82, 2.24) is 0 Å². The maximum absolute atomic E-state index is 12.7. The Balaban J connectivity index is 1.96. The summed E-state index contributed by atoms with van der Waals surface area (Å²) in [6.45, 7) is 6.13. The van der Waals surface area contributed by atoms with Crippen LogP contribution in [-0.4, -0.2) is 27.5 Å². The van der Waals surface area contributed by atoms with Gasteiger partial charge in [-0.25, -0.2) is 8.42 Å². The van der Waals surface area contributed by atoms with Gasteiger partial charge in [-0.2, -0.15) is 0 Å². The molecule has 25 heavy (non-hydrogen) atoms. The summed E-state index contributed by atoms with van der Waals surface area (Å²) in [6, 6.07) is 9.91. The molecule has 0 fully saturated rings. The molecule has 1 amide bonds. The number of fused-ring (bicyclic) bond motifs is 1. The minimum Gasteiger partial charge on any atom is -0.490 e. The van der Waals surface area contributed by atoms with Crippen LogP contribution in [-0.2, 0) is 14.8 Å². The Morgan fingerprint density at radius 3 is 2.56 bits per heavy atom. The Morgan fingerprint density at radius 1 is 1.12 bits per heavy atom. The molecule has 0 bridgehead atoms. The predicted molar refractivity (Wildman–Crippen MR) is 96.7 cm³/mol. The maximum atomic E-state index is 12.7. The Bertz CT molecular complexity index is 938. The van der Waals surface area contributed by atoms with Crippen molar-refractivity contribution in [2.24, 2.45) is 0 Å². The van der Waals surface area contributed by atoms with Crippen molar-refractivity contribution >= 4 is 27.3 Å². The molecular formula is C18H20N2O4S. The normalized spacial score (nSPS) is 13.8. The van der Waals surface area contributed by atoms with Crippen LogP contribution in [0.3, 0.4) is 0 Å². The summed E-state index contributed by atoms with van der Waals surface area (Å²) < 4.78 is 33.5. The number of hydrogen-bond acceptors (Lipinski definition) is 4. The number of benzene rings is 2. The lowest BCUT2D eigenvalue weighted by Gasteiger charge is -2.29. The van der Waals surface area contributed by atoms with Crippen LogP contribution < -0.4 is 14.4 Å². The first-order chi connectivity index (χ1) is 11.8. The van der Waals surface area contributed by atoms with Gasteiger partial charge in [-0.05, 0) is 55.3 Å². The van der Waals surface area contributed by atoms with Gasteiger partial charge in [0, 0.05) is 12.6 Å². The number of nitrogens with one attached hydrogen (secondary N) is 1. The summed E-state index contributed by atoms with van der Waals surface area (Å²) in [4.78, 5) is 13.4. The number of carbonyl (C=O) groups is 1. The highest BCUT2D eigenvalue weighted by molar-refractivity contribution is 7.92. The smallest absolute Gasteiger partial charge is 0.261 e. The van der Waals surface area contributed by atoms with Gasteiger partial charge in [0.05, 0.1) is 17.1 Å². The second-order valence-electron chi connectivity index (χ2n) is 6.05. The Kier molecular flexibility index (Phi) is 4.43. The van der Waals surface area contributed by atoms with Gasteiger partial charge in [0.15, 0.2) is 0 Å². The van der Waals surface area contributed by atoms with E-state index in [-0.39, 0.29) is 10.8 Å². The fraction of sp³-hybridized carbons (Fsp3) is 0.278. The highest BCUT2D eigenvalue weighted by Gasteiger charge is 2.24. The number of anilines is 2. The number of carbonyl (C=O) groups excluding carboxylic acids is 1. The summed E-state index contributed by atoms with van der Waals surface area (Å²) in [5.41, 5.74) is 3.06. The van der Waals surface area contributed by atoms with Crippen molar-refractivity contribution in [3.8, 4) is 5.75 Å². The van der Waals surface area contributed by atoms with E-state index in [1.54, 1.807) is 18.2 Å². The quantitative estimate of drug-likeness (QED) is 0.913. The van der Waals surface area contributed by atoms with Crippen molar-refractivity contribution in [3.05, 3.63) is 47.5 Å². The average Bonchev–Trinajstić information content (AvgIpc) is 2.56. The molecule has 0 unspecified atom stereocenters. The fourth-order valence-electron chi connectivity index (χ4n) is 2.71.